The van der Waals surface area contributed by atoms with E-state index in [1.165, 1.54) is 30.5 Å². The number of thiocarbonyl (C=S) groups is 1. The molecule has 3 nitrogen and oxygen atoms in total. The lowest BCUT2D eigenvalue weighted by Crippen LogP contribution is -2.21. The molecule has 0 saturated heterocycles. The molecular weight excluding hydrogens is 254 g/mol. The van der Waals surface area contributed by atoms with Crippen molar-refractivity contribution in [3.05, 3.63) is 22.9 Å². The summed E-state index contributed by atoms with van der Waals surface area (Å²) in [5.41, 5.74) is 9.27. The number of unbranched alkanes of at least 4 members (excludes halogenated alkanes) is 1. The van der Waals surface area contributed by atoms with E-state index in [2.05, 4.69) is 25.2 Å². The number of fused-ring (bicyclic) bond motifs is 1. The summed E-state index contributed by atoms with van der Waals surface area (Å²) >= 11 is 5.16. The first kappa shape index (κ1) is 14.3. The third kappa shape index (κ3) is 3.44. The van der Waals surface area contributed by atoms with Gasteiger partial charge in [-0.2, -0.15) is 0 Å². The first-order chi connectivity index (χ1) is 9.11. The van der Waals surface area contributed by atoms with Crippen molar-refractivity contribution in [2.45, 2.75) is 58.4 Å². The highest BCUT2D eigenvalue weighted by Gasteiger charge is 2.18. The number of aromatic nitrogens is 1. The number of aryl methyl sites for hydroxylation is 2. The third-order valence-corrected chi connectivity index (χ3v) is 3.91. The van der Waals surface area contributed by atoms with Crippen molar-refractivity contribution in [3.8, 4) is 0 Å². The summed E-state index contributed by atoms with van der Waals surface area (Å²) in [5.74, 6) is 0.872. The topological polar surface area (TPSA) is 50.9 Å². The molecule has 1 heterocycles. The van der Waals surface area contributed by atoms with Crippen LogP contribution in [0.4, 0.5) is 5.82 Å². The van der Waals surface area contributed by atoms with Crippen LogP contribution in [-0.4, -0.2) is 16.0 Å². The second-order valence-corrected chi connectivity index (χ2v) is 5.84. The second kappa shape index (κ2) is 6.33. The zero-order valence-corrected chi connectivity index (χ0v) is 12.6. The fourth-order valence-corrected chi connectivity index (χ4v) is 2.74. The Hall–Kier alpha value is -1.16. The van der Waals surface area contributed by atoms with Gasteiger partial charge >= 0.3 is 0 Å². The van der Waals surface area contributed by atoms with Gasteiger partial charge in [-0.15, -0.1) is 0 Å². The van der Waals surface area contributed by atoms with Crippen LogP contribution in [0.25, 0.3) is 0 Å². The Balaban J connectivity index is 2.20. The number of nitrogens with two attached hydrogens (primary N) is 1. The zero-order chi connectivity index (χ0) is 13.8. The van der Waals surface area contributed by atoms with E-state index >= 15 is 0 Å². The molecule has 1 atom stereocenters. The number of hydrogen-bond donors (Lipinski definition) is 2. The van der Waals surface area contributed by atoms with Gasteiger partial charge in [-0.1, -0.05) is 32.0 Å². The summed E-state index contributed by atoms with van der Waals surface area (Å²) in [7, 11) is 0. The SMILES string of the molecule is CCCCC(C)Nc1nc2c(cc1C(N)=S)CCC2. The monoisotopic (exact) mass is 277 g/mol. The van der Waals surface area contributed by atoms with Crippen molar-refractivity contribution in [2.24, 2.45) is 5.73 Å². The van der Waals surface area contributed by atoms with Gasteiger partial charge in [0.2, 0.25) is 0 Å². The number of pyridine rings is 1. The quantitative estimate of drug-likeness (QED) is 0.784. The van der Waals surface area contributed by atoms with Crippen molar-refractivity contribution in [1.29, 1.82) is 0 Å². The minimum absolute atomic E-state index is 0.403. The van der Waals surface area contributed by atoms with E-state index in [9.17, 15) is 0 Å². The fraction of sp³-hybridized carbons (Fsp3) is 0.600. The highest BCUT2D eigenvalue weighted by atomic mass is 32.1. The lowest BCUT2D eigenvalue weighted by atomic mass is 10.1. The van der Waals surface area contributed by atoms with Gasteiger partial charge in [0.15, 0.2) is 0 Å². The first-order valence-corrected chi connectivity index (χ1v) is 7.61. The maximum absolute atomic E-state index is 5.84. The van der Waals surface area contributed by atoms with Crippen LogP contribution in [0.2, 0.25) is 0 Å². The molecule has 0 spiro atoms. The second-order valence-electron chi connectivity index (χ2n) is 5.40. The Bertz CT molecular complexity index is 471. The fourth-order valence-electron chi connectivity index (χ4n) is 2.59. The van der Waals surface area contributed by atoms with Gasteiger partial charge in [-0.05, 0) is 44.2 Å². The molecule has 0 radical (unpaired) electrons. The molecule has 0 bridgehead atoms. The summed E-state index contributed by atoms with van der Waals surface area (Å²) in [4.78, 5) is 5.18. The highest BCUT2D eigenvalue weighted by Crippen LogP contribution is 2.26. The van der Waals surface area contributed by atoms with E-state index in [1.807, 2.05) is 0 Å². The van der Waals surface area contributed by atoms with Crippen LogP contribution in [0.3, 0.4) is 0 Å². The lowest BCUT2D eigenvalue weighted by molar-refractivity contribution is 0.643. The lowest BCUT2D eigenvalue weighted by Gasteiger charge is -2.18. The van der Waals surface area contributed by atoms with Gasteiger partial charge in [-0.3, -0.25) is 0 Å². The number of rotatable bonds is 6. The van der Waals surface area contributed by atoms with Crippen LogP contribution in [0, 0.1) is 0 Å². The van der Waals surface area contributed by atoms with Crippen molar-refractivity contribution in [2.75, 3.05) is 5.32 Å². The molecule has 1 aromatic rings. The van der Waals surface area contributed by atoms with Gasteiger partial charge in [0.1, 0.15) is 10.8 Å². The molecule has 1 aliphatic rings. The number of hydrogen-bond acceptors (Lipinski definition) is 3. The van der Waals surface area contributed by atoms with E-state index in [1.54, 1.807) is 0 Å². The van der Waals surface area contributed by atoms with Crippen molar-refractivity contribution >= 4 is 23.0 Å². The Morgan fingerprint density at radius 2 is 2.32 bits per heavy atom. The zero-order valence-electron chi connectivity index (χ0n) is 11.8. The van der Waals surface area contributed by atoms with E-state index in [0.29, 0.717) is 11.0 Å². The Kier molecular flexibility index (Phi) is 4.75. The molecular formula is C15H23N3S. The molecule has 19 heavy (non-hydrogen) atoms. The molecule has 1 aromatic heterocycles. The largest absolute Gasteiger partial charge is 0.389 e. The average molecular weight is 277 g/mol. The summed E-state index contributed by atoms with van der Waals surface area (Å²) in [5, 5.41) is 3.48. The van der Waals surface area contributed by atoms with Gasteiger partial charge in [0, 0.05) is 11.7 Å². The maximum Gasteiger partial charge on any atom is 0.136 e. The van der Waals surface area contributed by atoms with Gasteiger partial charge in [-0.25, -0.2) is 4.98 Å². The molecule has 2 rings (SSSR count). The predicted octanol–water partition coefficient (Wildman–Crippen LogP) is 3.20. The summed E-state index contributed by atoms with van der Waals surface area (Å²) in [6, 6.07) is 2.53. The maximum atomic E-state index is 5.84. The highest BCUT2D eigenvalue weighted by molar-refractivity contribution is 7.80. The van der Waals surface area contributed by atoms with Crippen LogP contribution in [0.1, 0.15) is 56.4 Å². The minimum Gasteiger partial charge on any atom is -0.389 e. The first-order valence-electron chi connectivity index (χ1n) is 7.21. The normalized spacial score (nSPS) is 15.1. The molecule has 4 heteroatoms. The third-order valence-electron chi connectivity index (χ3n) is 3.69. The van der Waals surface area contributed by atoms with Crippen LogP contribution in [-0.2, 0) is 12.8 Å². The van der Waals surface area contributed by atoms with Crippen LogP contribution in [0.5, 0.6) is 0 Å². The summed E-state index contributed by atoms with van der Waals surface area (Å²) in [6.45, 7) is 4.40. The minimum atomic E-state index is 0.403. The Morgan fingerprint density at radius 3 is 3.00 bits per heavy atom. The average Bonchev–Trinajstić information content (AvgIpc) is 2.82. The summed E-state index contributed by atoms with van der Waals surface area (Å²) in [6.07, 6.45) is 6.95. The molecule has 0 amide bonds. The van der Waals surface area contributed by atoms with Gasteiger partial charge < -0.3 is 11.1 Å². The van der Waals surface area contributed by atoms with Gasteiger partial charge in [0.05, 0.1) is 5.56 Å². The Labute approximate surface area is 121 Å². The van der Waals surface area contributed by atoms with E-state index in [0.717, 1.165) is 30.6 Å². The van der Waals surface area contributed by atoms with E-state index < -0.39 is 0 Å². The van der Waals surface area contributed by atoms with Crippen LogP contribution >= 0.6 is 12.2 Å². The van der Waals surface area contributed by atoms with Crippen LogP contribution < -0.4 is 11.1 Å². The van der Waals surface area contributed by atoms with Gasteiger partial charge in [0.25, 0.3) is 0 Å². The van der Waals surface area contributed by atoms with Crippen molar-refractivity contribution in [3.63, 3.8) is 0 Å². The number of anilines is 1. The molecule has 0 aromatic carbocycles. The molecule has 3 N–H and O–H groups in total. The molecule has 0 aliphatic heterocycles. The molecule has 0 fully saturated rings. The van der Waals surface area contributed by atoms with Crippen LogP contribution in [0.15, 0.2) is 6.07 Å². The van der Waals surface area contributed by atoms with Crippen molar-refractivity contribution in [1.82, 2.24) is 4.98 Å². The van der Waals surface area contributed by atoms with E-state index in [4.69, 9.17) is 22.9 Å². The molecule has 1 unspecified atom stereocenters. The number of nitrogens with zero attached hydrogens (tertiary/aromatic N) is 1. The molecule has 0 saturated carbocycles. The molecule has 104 valence electrons. The Morgan fingerprint density at radius 1 is 1.53 bits per heavy atom. The predicted molar refractivity (Wildman–Crippen MR) is 84.8 cm³/mol. The number of nitrogens with one attached hydrogen (secondary N) is 1. The smallest absolute Gasteiger partial charge is 0.136 e. The standard InChI is InChI=1S/C15H23N3S/c1-3-4-6-10(2)17-15-12(14(16)19)9-11-7-5-8-13(11)18-15/h9-10H,3-8H2,1-2H3,(H2,16,19)(H,17,18). The van der Waals surface area contributed by atoms with Crippen molar-refractivity contribution < 1.29 is 0 Å². The van der Waals surface area contributed by atoms with E-state index in [-0.39, 0.29) is 0 Å². The molecule has 1 aliphatic carbocycles. The summed E-state index contributed by atoms with van der Waals surface area (Å²) < 4.78 is 0.